The molecule has 1 heterocycles. The van der Waals surface area contributed by atoms with E-state index in [0.29, 0.717) is 12.1 Å². The van der Waals surface area contributed by atoms with Crippen molar-refractivity contribution in [2.24, 2.45) is 5.14 Å². The number of benzene rings is 2. The highest BCUT2D eigenvalue weighted by atomic mass is 32.2. The highest BCUT2D eigenvalue weighted by molar-refractivity contribution is 7.89. The first-order chi connectivity index (χ1) is 13.3. The van der Waals surface area contributed by atoms with Crippen LogP contribution in [-0.4, -0.2) is 13.6 Å². The lowest BCUT2D eigenvalue weighted by atomic mass is 9.98. The van der Waals surface area contributed by atoms with Gasteiger partial charge in [0.05, 0.1) is 5.56 Å². The quantitative estimate of drug-likeness (QED) is 0.618. The number of sulfonamides is 1. The Hall–Kier alpha value is -2.93. The number of aromatic nitrogens is 1. The van der Waals surface area contributed by atoms with Crippen LogP contribution in [0.2, 0.25) is 0 Å². The third kappa shape index (κ3) is 3.82. The van der Waals surface area contributed by atoms with Gasteiger partial charge >= 0.3 is 6.18 Å². The van der Waals surface area contributed by atoms with Crippen LogP contribution in [0.5, 0.6) is 0 Å². The van der Waals surface area contributed by atoms with E-state index >= 15 is 0 Å². The highest BCUT2D eigenvalue weighted by Gasteiger charge is 2.41. The summed E-state index contributed by atoms with van der Waals surface area (Å²) in [6, 6.07) is 2.51. The largest absolute Gasteiger partial charge is 0.453 e. The maximum Gasteiger partial charge on any atom is 0.453 e. The van der Waals surface area contributed by atoms with Crippen LogP contribution < -0.4 is 5.14 Å². The highest BCUT2D eigenvalue weighted by Crippen LogP contribution is 2.43. The number of nitrogens with zero attached hydrogens (tertiary/aromatic N) is 1. The lowest BCUT2D eigenvalue weighted by molar-refractivity contribution is -0.154. The Labute approximate surface area is 157 Å². The van der Waals surface area contributed by atoms with Crippen molar-refractivity contribution < 1.29 is 43.7 Å². The molecule has 1 aromatic heterocycles. The Kier molecular flexibility index (Phi) is 4.91. The molecule has 0 aliphatic rings. The second-order valence-corrected chi connectivity index (χ2v) is 7.17. The SMILES string of the molecule is NS(=O)(=O)c1c(F)cc(-c2c(-c3ccc(F)c(F)c3)noc2C(F)(F)F)cc1F. The normalized spacial score (nSPS) is 12.4. The summed E-state index contributed by atoms with van der Waals surface area (Å²) in [6.45, 7) is 0. The van der Waals surface area contributed by atoms with Gasteiger partial charge in [0.25, 0.3) is 0 Å². The minimum Gasteiger partial charge on any atom is -0.350 e. The van der Waals surface area contributed by atoms with Gasteiger partial charge in [0.15, 0.2) is 16.5 Å². The third-order valence-electron chi connectivity index (χ3n) is 3.71. The van der Waals surface area contributed by atoms with E-state index in [9.17, 15) is 39.2 Å². The zero-order valence-corrected chi connectivity index (χ0v) is 14.5. The molecule has 0 aliphatic heterocycles. The molecule has 0 fully saturated rings. The summed E-state index contributed by atoms with van der Waals surface area (Å²) in [4.78, 5) is -1.55. The number of alkyl halides is 3. The molecule has 0 unspecified atom stereocenters. The molecule has 0 aliphatic carbocycles. The molecule has 5 nitrogen and oxygen atoms in total. The molecule has 0 radical (unpaired) electrons. The molecule has 0 saturated carbocycles. The van der Waals surface area contributed by atoms with Crippen LogP contribution in [0.25, 0.3) is 22.4 Å². The molecule has 3 rings (SSSR count). The van der Waals surface area contributed by atoms with Gasteiger partial charge in [-0.05, 0) is 35.9 Å². The molecular formula is C16H7F7N2O3S. The molecule has 0 amide bonds. The predicted molar refractivity (Wildman–Crippen MR) is 83.6 cm³/mol. The van der Waals surface area contributed by atoms with Gasteiger partial charge in [-0.15, -0.1) is 0 Å². The fraction of sp³-hybridized carbons (Fsp3) is 0.0625. The minimum atomic E-state index is -5.19. The van der Waals surface area contributed by atoms with Gasteiger partial charge in [-0.2, -0.15) is 13.2 Å². The first-order valence-electron chi connectivity index (χ1n) is 7.35. The number of rotatable bonds is 3. The molecule has 0 saturated heterocycles. The number of primary sulfonamides is 1. The second-order valence-electron chi connectivity index (χ2n) is 5.68. The van der Waals surface area contributed by atoms with Crippen LogP contribution in [0.4, 0.5) is 30.7 Å². The second kappa shape index (κ2) is 6.84. The van der Waals surface area contributed by atoms with Crippen molar-refractivity contribution in [3.8, 4) is 22.4 Å². The topological polar surface area (TPSA) is 86.2 Å². The summed E-state index contributed by atoms with van der Waals surface area (Å²) < 4.78 is 122. The Morgan fingerprint density at radius 1 is 0.862 bits per heavy atom. The van der Waals surface area contributed by atoms with E-state index in [1.165, 1.54) is 0 Å². The molecule has 0 spiro atoms. The monoisotopic (exact) mass is 440 g/mol. The van der Waals surface area contributed by atoms with Gasteiger partial charge in [-0.25, -0.2) is 31.1 Å². The fourth-order valence-corrected chi connectivity index (χ4v) is 3.23. The van der Waals surface area contributed by atoms with Gasteiger partial charge in [-0.3, -0.25) is 0 Å². The number of nitrogens with two attached hydrogens (primary N) is 1. The first kappa shape index (κ1) is 20.8. The van der Waals surface area contributed by atoms with Crippen molar-refractivity contribution in [3.63, 3.8) is 0 Å². The van der Waals surface area contributed by atoms with Crippen molar-refractivity contribution in [2.75, 3.05) is 0 Å². The molecule has 3 aromatic rings. The standard InChI is InChI=1S/C16H7F7N2O3S/c17-8-2-1-6(3-9(8)18)13-12(15(28-25-13)16(21,22)23)7-4-10(19)14(11(20)5-7)29(24,26)27/h1-5H,(H2,24,26,27). The summed E-state index contributed by atoms with van der Waals surface area (Å²) in [5, 5.41) is 7.84. The summed E-state index contributed by atoms with van der Waals surface area (Å²) in [6.07, 6.45) is -5.19. The van der Waals surface area contributed by atoms with Gasteiger partial charge in [0, 0.05) is 5.56 Å². The van der Waals surface area contributed by atoms with E-state index in [0.717, 1.165) is 6.07 Å². The van der Waals surface area contributed by atoms with Crippen LogP contribution in [0.1, 0.15) is 5.76 Å². The minimum absolute atomic E-state index is 0.272. The average Bonchev–Trinajstić information content (AvgIpc) is 3.00. The molecule has 154 valence electrons. The number of hydrogen-bond acceptors (Lipinski definition) is 4. The predicted octanol–water partition coefficient (Wildman–Crippen LogP) is 4.23. The molecule has 0 atom stereocenters. The van der Waals surface area contributed by atoms with Crippen LogP contribution >= 0.6 is 0 Å². The maximum absolute atomic E-state index is 14.1. The summed E-state index contributed by atoms with van der Waals surface area (Å²) in [5.41, 5.74) is -2.93. The zero-order chi connectivity index (χ0) is 21.7. The van der Waals surface area contributed by atoms with Crippen molar-refractivity contribution >= 4 is 10.0 Å². The zero-order valence-electron chi connectivity index (χ0n) is 13.7. The summed E-state index contributed by atoms with van der Waals surface area (Å²) in [5.74, 6) is -8.06. The van der Waals surface area contributed by atoms with Crippen LogP contribution in [0.3, 0.4) is 0 Å². The molecule has 2 N–H and O–H groups in total. The van der Waals surface area contributed by atoms with Crippen LogP contribution in [-0.2, 0) is 16.2 Å². The maximum atomic E-state index is 14.1. The van der Waals surface area contributed by atoms with Crippen molar-refractivity contribution in [3.05, 3.63) is 59.4 Å². The van der Waals surface area contributed by atoms with Gasteiger partial charge in [0.2, 0.25) is 15.8 Å². The van der Waals surface area contributed by atoms with E-state index < -0.39 is 72.5 Å². The van der Waals surface area contributed by atoms with Gasteiger partial charge < -0.3 is 4.52 Å². The molecule has 29 heavy (non-hydrogen) atoms. The van der Waals surface area contributed by atoms with E-state index in [1.807, 2.05) is 0 Å². The van der Waals surface area contributed by atoms with E-state index in [4.69, 9.17) is 0 Å². The van der Waals surface area contributed by atoms with Crippen molar-refractivity contribution in [1.29, 1.82) is 0 Å². The molecular weight excluding hydrogens is 433 g/mol. The molecule has 0 bridgehead atoms. The van der Waals surface area contributed by atoms with E-state index in [-0.39, 0.29) is 12.1 Å². The van der Waals surface area contributed by atoms with Crippen LogP contribution in [0, 0.1) is 23.3 Å². The Morgan fingerprint density at radius 2 is 1.41 bits per heavy atom. The molecule has 13 heteroatoms. The van der Waals surface area contributed by atoms with Gasteiger partial charge in [-0.1, -0.05) is 5.16 Å². The lowest BCUT2D eigenvalue weighted by Gasteiger charge is -2.10. The Morgan fingerprint density at radius 3 is 1.90 bits per heavy atom. The first-order valence-corrected chi connectivity index (χ1v) is 8.90. The van der Waals surface area contributed by atoms with Gasteiger partial charge in [0.1, 0.15) is 17.3 Å². The lowest BCUT2D eigenvalue weighted by Crippen LogP contribution is -2.16. The average molecular weight is 440 g/mol. The Bertz CT molecular complexity index is 1200. The van der Waals surface area contributed by atoms with Crippen molar-refractivity contribution in [1.82, 2.24) is 5.16 Å². The van der Waals surface area contributed by atoms with Crippen molar-refractivity contribution in [2.45, 2.75) is 11.1 Å². The third-order valence-corrected chi connectivity index (χ3v) is 4.67. The fourth-order valence-electron chi connectivity index (χ4n) is 2.57. The molecule has 2 aromatic carbocycles. The van der Waals surface area contributed by atoms with E-state index in [1.54, 1.807) is 0 Å². The summed E-state index contributed by atoms with van der Waals surface area (Å²) >= 11 is 0. The number of halogens is 7. The van der Waals surface area contributed by atoms with E-state index in [2.05, 4.69) is 14.8 Å². The number of hydrogen-bond donors (Lipinski definition) is 1. The smallest absolute Gasteiger partial charge is 0.350 e. The summed E-state index contributed by atoms with van der Waals surface area (Å²) in [7, 11) is -4.86. The van der Waals surface area contributed by atoms with Crippen LogP contribution in [0.15, 0.2) is 39.8 Å². The Balaban J connectivity index is 2.34.